The first-order chi connectivity index (χ1) is 9.72. The van der Waals surface area contributed by atoms with Gasteiger partial charge in [-0.15, -0.1) is 0 Å². The quantitative estimate of drug-likeness (QED) is 0.606. The molecule has 120 valence electrons. The van der Waals surface area contributed by atoms with Crippen LogP contribution in [-0.4, -0.2) is 50.1 Å². The highest BCUT2D eigenvalue weighted by atomic mass is 16.5. The summed E-state index contributed by atoms with van der Waals surface area (Å²) in [7, 11) is 2.32. The van der Waals surface area contributed by atoms with E-state index in [4.69, 9.17) is 0 Å². The number of nitrogens with one attached hydrogen (secondary N) is 2. The van der Waals surface area contributed by atoms with Crippen molar-refractivity contribution >= 4 is 23.8 Å². The third-order valence-electron chi connectivity index (χ3n) is 2.71. The molecule has 0 aromatic heterocycles. The molecule has 0 fully saturated rings. The fraction of sp³-hybridized carbons (Fsp3) is 0.692. The Morgan fingerprint density at radius 1 is 1.00 bits per heavy atom. The Bertz CT molecular complexity index is 407. The van der Waals surface area contributed by atoms with E-state index < -0.39 is 29.9 Å². The predicted molar refractivity (Wildman–Crippen MR) is 73.0 cm³/mol. The second-order valence-corrected chi connectivity index (χ2v) is 4.79. The monoisotopic (exact) mass is 302 g/mol. The Morgan fingerprint density at radius 2 is 1.57 bits per heavy atom. The van der Waals surface area contributed by atoms with Crippen molar-refractivity contribution in [2.45, 2.75) is 39.3 Å². The summed E-state index contributed by atoms with van der Waals surface area (Å²) in [6.07, 6.45) is -0.347. The Morgan fingerprint density at radius 3 is 1.95 bits per heavy atom. The van der Waals surface area contributed by atoms with E-state index in [0.717, 1.165) is 7.11 Å². The standard InChI is InChI=1S/C13H22N2O6/c1-7(2)11(14-8(3)16)12(18)15-9(13(19)21-5)6-10(17)20-4/h7,9,11H,6H2,1-5H3,(H,14,16)(H,15,18)/t9-,11-/m1/s1. The van der Waals surface area contributed by atoms with Gasteiger partial charge >= 0.3 is 11.9 Å². The molecule has 0 saturated carbocycles. The van der Waals surface area contributed by atoms with E-state index in [9.17, 15) is 19.2 Å². The fourth-order valence-electron chi connectivity index (χ4n) is 1.60. The molecule has 0 aliphatic rings. The maximum atomic E-state index is 12.1. The molecule has 0 aromatic rings. The number of rotatable bonds is 7. The Hall–Kier alpha value is -2.12. The van der Waals surface area contributed by atoms with E-state index in [1.807, 2.05) is 0 Å². The van der Waals surface area contributed by atoms with Crippen LogP contribution >= 0.6 is 0 Å². The van der Waals surface area contributed by atoms with Gasteiger partial charge in [0.25, 0.3) is 0 Å². The zero-order valence-corrected chi connectivity index (χ0v) is 12.9. The average Bonchev–Trinajstić information content (AvgIpc) is 2.42. The lowest BCUT2D eigenvalue weighted by molar-refractivity contribution is -0.151. The van der Waals surface area contributed by atoms with Crippen LogP contribution in [0.5, 0.6) is 0 Å². The number of hydrogen-bond acceptors (Lipinski definition) is 6. The van der Waals surface area contributed by atoms with Crippen LogP contribution < -0.4 is 10.6 Å². The SMILES string of the molecule is COC(=O)C[C@@H](NC(=O)[C@H](NC(C)=O)C(C)C)C(=O)OC. The molecular formula is C13H22N2O6. The minimum Gasteiger partial charge on any atom is -0.469 e. The summed E-state index contributed by atoms with van der Waals surface area (Å²) in [5, 5.41) is 4.88. The second kappa shape index (κ2) is 8.93. The molecule has 0 spiro atoms. The van der Waals surface area contributed by atoms with Gasteiger partial charge in [-0.1, -0.05) is 13.8 Å². The first-order valence-corrected chi connectivity index (χ1v) is 6.45. The fourth-order valence-corrected chi connectivity index (χ4v) is 1.60. The molecule has 2 N–H and O–H groups in total. The van der Waals surface area contributed by atoms with Crippen LogP contribution in [0.1, 0.15) is 27.2 Å². The molecular weight excluding hydrogens is 280 g/mol. The molecule has 8 heteroatoms. The molecule has 0 rings (SSSR count). The third kappa shape index (κ3) is 6.73. The predicted octanol–water partition coefficient (Wildman–Crippen LogP) is -0.632. The minimum atomic E-state index is -1.16. The molecule has 0 saturated heterocycles. The zero-order valence-electron chi connectivity index (χ0n) is 12.9. The molecule has 21 heavy (non-hydrogen) atoms. The highest BCUT2D eigenvalue weighted by Crippen LogP contribution is 2.04. The first kappa shape index (κ1) is 18.9. The van der Waals surface area contributed by atoms with Crippen molar-refractivity contribution in [3.05, 3.63) is 0 Å². The van der Waals surface area contributed by atoms with Gasteiger partial charge in [-0.05, 0) is 5.92 Å². The third-order valence-corrected chi connectivity index (χ3v) is 2.71. The molecule has 0 radical (unpaired) electrons. The Labute approximate surface area is 123 Å². The summed E-state index contributed by atoms with van der Waals surface area (Å²) < 4.78 is 8.99. The van der Waals surface area contributed by atoms with E-state index in [2.05, 4.69) is 20.1 Å². The van der Waals surface area contributed by atoms with Crippen LogP contribution in [0.25, 0.3) is 0 Å². The highest BCUT2D eigenvalue weighted by Gasteiger charge is 2.30. The maximum absolute atomic E-state index is 12.1. The molecule has 0 unspecified atom stereocenters. The van der Waals surface area contributed by atoms with Crippen LogP contribution in [0.15, 0.2) is 0 Å². The van der Waals surface area contributed by atoms with Gasteiger partial charge in [0.05, 0.1) is 20.6 Å². The molecule has 0 bridgehead atoms. The molecule has 0 heterocycles. The second-order valence-electron chi connectivity index (χ2n) is 4.79. The summed E-state index contributed by atoms with van der Waals surface area (Å²) in [4.78, 5) is 46.1. The highest BCUT2D eigenvalue weighted by molar-refractivity contribution is 5.92. The number of carbonyl (C=O) groups is 4. The van der Waals surface area contributed by atoms with Gasteiger partial charge in [0.2, 0.25) is 11.8 Å². The van der Waals surface area contributed by atoms with Crippen molar-refractivity contribution in [1.82, 2.24) is 10.6 Å². The van der Waals surface area contributed by atoms with E-state index in [-0.39, 0.29) is 18.2 Å². The van der Waals surface area contributed by atoms with Crippen molar-refractivity contribution in [3.8, 4) is 0 Å². The van der Waals surface area contributed by atoms with Crippen LogP contribution in [-0.2, 0) is 28.7 Å². The van der Waals surface area contributed by atoms with Crippen LogP contribution in [0.2, 0.25) is 0 Å². The van der Waals surface area contributed by atoms with Crippen molar-refractivity contribution in [2.24, 2.45) is 5.92 Å². The lowest BCUT2D eigenvalue weighted by Crippen LogP contribution is -2.54. The van der Waals surface area contributed by atoms with Crippen LogP contribution in [0.3, 0.4) is 0 Å². The Balaban J connectivity index is 4.95. The summed E-state index contributed by atoms with van der Waals surface area (Å²) in [6, 6.07) is -1.97. The van der Waals surface area contributed by atoms with Gasteiger partial charge in [-0.3, -0.25) is 14.4 Å². The van der Waals surface area contributed by atoms with Gasteiger partial charge in [-0.2, -0.15) is 0 Å². The van der Waals surface area contributed by atoms with E-state index >= 15 is 0 Å². The van der Waals surface area contributed by atoms with Crippen LogP contribution in [0.4, 0.5) is 0 Å². The summed E-state index contributed by atoms with van der Waals surface area (Å²) in [5.74, 6) is -2.55. The van der Waals surface area contributed by atoms with Gasteiger partial charge in [-0.25, -0.2) is 4.79 Å². The topological polar surface area (TPSA) is 111 Å². The van der Waals surface area contributed by atoms with Gasteiger partial charge in [0, 0.05) is 6.92 Å². The smallest absolute Gasteiger partial charge is 0.328 e. The van der Waals surface area contributed by atoms with Crippen molar-refractivity contribution in [1.29, 1.82) is 0 Å². The van der Waals surface area contributed by atoms with Crippen molar-refractivity contribution < 1.29 is 28.7 Å². The van der Waals surface area contributed by atoms with Crippen LogP contribution in [0, 0.1) is 5.92 Å². The minimum absolute atomic E-state index is 0.190. The molecule has 2 amide bonds. The number of hydrogen-bond donors (Lipinski definition) is 2. The average molecular weight is 302 g/mol. The number of esters is 2. The van der Waals surface area contributed by atoms with E-state index in [1.54, 1.807) is 13.8 Å². The number of amides is 2. The zero-order chi connectivity index (χ0) is 16.6. The van der Waals surface area contributed by atoms with Gasteiger partial charge in [0.15, 0.2) is 0 Å². The summed E-state index contributed by atoms with van der Waals surface area (Å²) in [6.45, 7) is 4.77. The van der Waals surface area contributed by atoms with E-state index in [0.29, 0.717) is 0 Å². The Kier molecular flexibility index (Phi) is 8.03. The summed E-state index contributed by atoms with van der Waals surface area (Å²) >= 11 is 0. The molecule has 0 aliphatic heterocycles. The van der Waals surface area contributed by atoms with Crippen molar-refractivity contribution in [2.75, 3.05) is 14.2 Å². The van der Waals surface area contributed by atoms with Gasteiger partial charge in [0.1, 0.15) is 12.1 Å². The largest absolute Gasteiger partial charge is 0.469 e. The van der Waals surface area contributed by atoms with Crippen molar-refractivity contribution in [3.63, 3.8) is 0 Å². The molecule has 0 aromatic carbocycles. The van der Waals surface area contributed by atoms with Gasteiger partial charge < -0.3 is 20.1 Å². The molecule has 8 nitrogen and oxygen atoms in total. The molecule has 2 atom stereocenters. The summed E-state index contributed by atoms with van der Waals surface area (Å²) in [5.41, 5.74) is 0. The lowest BCUT2D eigenvalue weighted by atomic mass is 10.0. The molecule has 0 aliphatic carbocycles. The first-order valence-electron chi connectivity index (χ1n) is 6.45. The number of carbonyl (C=O) groups excluding carboxylic acids is 4. The number of ether oxygens (including phenoxy) is 2. The normalized spacial score (nSPS) is 13.0. The lowest BCUT2D eigenvalue weighted by Gasteiger charge is -2.23. The maximum Gasteiger partial charge on any atom is 0.328 e. The van der Waals surface area contributed by atoms with E-state index in [1.165, 1.54) is 14.0 Å². The number of methoxy groups -OCH3 is 2.